The Morgan fingerprint density at radius 1 is 0.538 bits per heavy atom. The number of rotatable bonds is 1. The van der Waals surface area contributed by atoms with Gasteiger partial charge in [0.25, 0.3) is 0 Å². The molecule has 8 nitrogen and oxygen atoms in total. The molecule has 3 aliphatic rings. The highest BCUT2D eigenvalue weighted by Crippen LogP contribution is 2.11. The van der Waals surface area contributed by atoms with Crippen LogP contribution in [0.2, 0.25) is 0 Å². The quantitative estimate of drug-likeness (QED) is 0.393. The van der Waals surface area contributed by atoms with Gasteiger partial charge in [-0.1, -0.05) is 20.8 Å². The molecule has 0 saturated carbocycles. The van der Waals surface area contributed by atoms with E-state index in [2.05, 4.69) is 82.5 Å². The summed E-state index contributed by atoms with van der Waals surface area (Å²) in [6.07, 6.45) is 5.08. The van der Waals surface area contributed by atoms with E-state index in [0.717, 1.165) is 38.0 Å². The van der Waals surface area contributed by atoms with Crippen LogP contribution in [0.1, 0.15) is 60.3 Å². The fraction of sp³-hybridized carbons (Fsp3) is 1.00. The Labute approximate surface area is 243 Å². The summed E-state index contributed by atoms with van der Waals surface area (Å²) in [5.41, 5.74) is 0. The summed E-state index contributed by atoms with van der Waals surface area (Å²) in [5.74, 6) is 1.45. The first kappa shape index (κ1) is 34.9. The van der Waals surface area contributed by atoms with Gasteiger partial charge in [-0.05, 0) is 117 Å². The smallest absolute Gasteiger partial charge is 0.0110 e. The van der Waals surface area contributed by atoms with Crippen molar-refractivity contribution >= 4 is 0 Å². The van der Waals surface area contributed by atoms with E-state index in [4.69, 9.17) is 0 Å². The maximum Gasteiger partial charge on any atom is 0.0110 e. The van der Waals surface area contributed by atoms with Gasteiger partial charge in [0, 0.05) is 64.4 Å². The van der Waals surface area contributed by atoms with Crippen LogP contribution in [0.3, 0.4) is 0 Å². The molecule has 0 aromatic rings. The summed E-state index contributed by atoms with van der Waals surface area (Å²) in [6, 6.07) is 1.23. The molecule has 0 spiro atoms. The Bertz CT molecular complexity index is 533. The molecule has 4 N–H and O–H groups in total. The van der Waals surface area contributed by atoms with Gasteiger partial charge in [0.05, 0.1) is 0 Å². The van der Waals surface area contributed by atoms with E-state index in [1.165, 1.54) is 111 Å². The largest absolute Gasteiger partial charge is 0.317 e. The van der Waals surface area contributed by atoms with Crippen molar-refractivity contribution < 1.29 is 0 Å². The second kappa shape index (κ2) is 21.4. The van der Waals surface area contributed by atoms with E-state index >= 15 is 0 Å². The maximum absolute atomic E-state index is 3.71. The van der Waals surface area contributed by atoms with E-state index in [1.54, 1.807) is 0 Å². The number of nitrogens with one attached hydrogen (secondary N) is 4. The zero-order valence-electron chi connectivity index (χ0n) is 26.9. The predicted molar refractivity (Wildman–Crippen MR) is 170 cm³/mol. The fourth-order valence-electron chi connectivity index (χ4n) is 5.90. The third-order valence-corrected chi connectivity index (χ3v) is 9.21. The molecule has 8 heteroatoms. The molecule has 3 saturated heterocycles. The van der Waals surface area contributed by atoms with E-state index in [-0.39, 0.29) is 0 Å². The molecule has 3 aliphatic heterocycles. The highest BCUT2D eigenvalue weighted by molar-refractivity contribution is 4.81. The van der Waals surface area contributed by atoms with Crippen molar-refractivity contribution in [3.63, 3.8) is 0 Å². The van der Waals surface area contributed by atoms with Crippen molar-refractivity contribution in [2.45, 2.75) is 72.4 Å². The molecule has 6 atom stereocenters. The lowest BCUT2D eigenvalue weighted by Crippen LogP contribution is -2.52. The van der Waals surface area contributed by atoms with Gasteiger partial charge in [-0.3, -0.25) is 0 Å². The van der Waals surface area contributed by atoms with Crippen LogP contribution in [0.25, 0.3) is 0 Å². The summed E-state index contributed by atoms with van der Waals surface area (Å²) in [7, 11) is 2.24. The molecule has 2 bridgehead atoms. The molecular formula is C31H68N8. The fourth-order valence-corrected chi connectivity index (χ4v) is 5.90. The maximum atomic E-state index is 3.71. The Morgan fingerprint density at radius 3 is 1.36 bits per heavy atom. The van der Waals surface area contributed by atoms with E-state index in [9.17, 15) is 0 Å². The van der Waals surface area contributed by atoms with Crippen LogP contribution < -0.4 is 21.3 Å². The topological polar surface area (TPSA) is 61.1 Å². The van der Waals surface area contributed by atoms with Gasteiger partial charge in [-0.15, -0.1) is 0 Å². The average Bonchev–Trinajstić information content (AvgIpc) is 2.92. The molecule has 0 radical (unpaired) electrons. The molecule has 3 fully saturated rings. The van der Waals surface area contributed by atoms with E-state index in [0.29, 0.717) is 12.1 Å². The van der Waals surface area contributed by atoms with E-state index < -0.39 is 0 Å². The Kier molecular flexibility index (Phi) is 19.1. The highest BCUT2D eigenvalue weighted by atomic mass is 15.2. The van der Waals surface area contributed by atoms with Gasteiger partial charge < -0.3 is 40.9 Å². The van der Waals surface area contributed by atoms with Crippen molar-refractivity contribution in [3.8, 4) is 0 Å². The molecule has 0 aromatic heterocycles. The summed E-state index contributed by atoms with van der Waals surface area (Å²) < 4.78 is 0. The van der Waals surface area contributed by atoms with Crippen LogP contribution in [0.4, 0.5) is 0 Å². The lowest BCUT2D eigenvalue weighted by atomic mass is 10.0. The zero-order chi connectivity index (χ0) is 28.3. The molecular weight excluding hydrogens is 484 g/mol. The van der Waals surface area contributed by atoms with Gasteiger partial charge in [0.1, 0.15) is 0 Å². The molecule has 39 heavy (non-hydrogen) atoms. The standard InChI is InChI=1S/C16H34N4.C15H34N4/c1-13-11-19-7-6-18-16(4)14(2)12-20(10-9-19)8-5-17-15(13)3;1-3-19-14-6-10-16-8-4-12-18(2)13-5-9-17-11-7-15-19/h13-18H,5-12H2,1-4H3;16-17H,3-15H2,1-2H3. The Balaban J connectivity index is 0.000000274. The number of nitrogens with zero attached hydrogens (tertiary/aromatic N) is 4. The average molecular weight is 553 g/mol. The van der Waals surface area contributed by atoms with Crippen molar-refractivity contribution in [3.05, 3.63) is 0 Å². The van der Waals surface area contributed by atoms with Gasteiger partial charge in [0.15, 0.2) is 0 Å². The van der Waals surface area contributed by atoms with Crippen LogP contribution in [0.5, 0.6) is 0 Å². The Morgan fingerprint density at radius 2 is 0.949 bits per heavy atom. The SMILES string of the molecule is CC1CN2CCNC(C)C(C)CN(CCNC1C)CC2.CCN1CCCNCCCN(C)CCCNCCC1. The molecule has 3 heterocycles. The highest BCUT2D eigenvalue weighted by Gasteiger charge is 2.23. The van der Waals surface area contributed by atoms with Gasteiger partial charge in [-0.2, -0.15) is 0 Å². The lowest BCUT2D eigenvalue weighted by molar-refractivity contribution is 0.133. The van der Waals surface area contributed by atoms with Crippen LogP contribution in [-0.4, -0.2) is 150 Å². The first-order valence-electron chi connectivity index (χ1n) is 16.6. The number of hydrogen-bond acceptors (Lipinski definition) is 8. The van der Waals surface area contributed by atoms with Crippen molar-refractivity contribution in [1.82, 2.24) is 40.9 Å². The second-order valence-electron chi connectivity index (χ2n) is 12.7. The monoisotopic (exact) mass is 553 g/mol. The zero-order valence-corrected chi connectivity index (χ0v) is 26.9. The minimum Gasteiger partial charge on any atom is -0.317 e. The lowest BCUT2D eigenvalue weighted by Gasteiger charge is -2.37. The summed E-state index contributed by atoms with van der Waals surface area (Å²) in [5, 5.41) is 14.6. The molecule has 0 amide bonds. The number of fused-ring (bicyclic) bond motifs is 3. The predicted octanol–water partition coefficient (Wildman–Crippen LogP) is 1.84. The summed E-state index contributed by atoms with van der Waals surface area (Å²) in [4.78, 5) is 10.3. The molecule has 0 aliphatic carbocycles. The molecule has 3 rings (SSSR count). The normalized spacial score (nSPS) is 34.9. The third kappa shape index (κ3) is 16.0. The van der Waals surface area contributed by atoms with Crippen molar-refractivity contribution in [2.75, 3.05) is 118 Å². The van der Waals surface area contributed by atoms with Gasteiger partial charge in [-0.25, -0.2) is 0 Å². The minimum atomic E-state index is 0.615. The van der Waals surface area contributed by atoms with Crippen LogP contribution in [-0.2, 0) is 0 Å². The van der Waals surface area contributed by atoms with Gasteiger partial charge in [0.2, 0.25) is 0 Å². The molecule has 0 aromatic carbocycles. The first-order chi connectivity index (χ1) is 18.9. The third-order valence-electron chi connectivity index (χ3n) is 9.21. The second-order valence-corrected chi connectivity index (χ2v) is 12.7. The minimum absolute atomic E-state index is 0.615. The molecule has 232 valence electrons. The van der Waals surface area contributed by atoms with Gasteiger partial charge >= 0.3 is 0 Å². The molecule has 6 unspecified atom stereocenters. The van der Waals surface area contributed by atoms with Crippen molar-refractivity contribution in [1.29, 1.82) is 0 Å². The summed E-state index contributed by atoms with van der Waals surface area (Å²) >= 11 is 0. The summed E-state index contributed by atoms with van der Waals surface area (Å²) in [6.45, 7) is 32.0. The van der Waals surface area contributed by atoms with Crippen molar-refractivity contribution in [2.24, 2.45) is 11.8 Å². The van der Waals surface area contributed by atoms with E-state index in [1.807, 2.05) is 0 Å². The van der Waals surface area contributed by atoms with Crippen LogP contribution in [0.15, 0.2) is 0 Å². The van der Waals surface area contributed by atoms with Crippen LogP contribution >= 0.6 is 0 Å². The number of hydrogen-bond donors (Lipinski definition) is 4. The first-order valence-corrected chi connectivity index (χ1v) is 16.6. The van der Waals surface area contributed by atoms with Crippen LogP contribution in [0, 0.1) is 11.8 Å². The Hall–Kier alpha value is -0.320.